The number of benzene rings is 1. The fourth-order valence-corrected chi connectivity index (χ4v) is 1.67. The number of aliphatic hydroxyl groups excluding tert-OH is 1. The third kappa shape index (κ3) is 3.31. The summed E-state index contributed by atoms with van der Waals surface area (Å²) >= 11 is 0. The molecule has 0 saturated carbocycles. The molecule has 3 heteroatoms. The van der Waals surface area contributed by atoms with E-state index in [1.54, 1.807) is 12.4 Å². The summed E-state index contributed by atoms with van der Waals surface area (Å²) in [5, 5.41) is 9.68. The van der Waals surface area contributed by atoms with Crippen molar-refractivity contribution in [3.63, 3.8) is 0 Å². The monoisotopic (exact) mass is 243 g/mol. The third-order valence-corrected chi connectivity index (χ3v) is 2.78. The highest BCUT2D eigenvalue weighted by atomic mass is 16.5. The molecule has 1 heterocycles. The van der Waals surface area contributed by atoms with Crippen molar-refractivity contribution in [1.29, 1.82) is 0 Å². The van der Waals surface area contributed by atoms with E-state index >= 15 is 0 Å². The van der Waals surface area contributed by atoms with Gasteiger partial charge in [0.25, 0.3) is 0 Å². The fraction of sp³-hybridized carbons (Fsp3) is 0.267. The van der Waals surface area contributed by atoms with E-state index in [4.69, 9.17) is 4.74 Å². The smallest absolute Gasteiger partial charge is 0.119 e. The first-order chi connectivity index (χ1) is 8.79. The van der Waals surface area contributed by atoms with Gasteiger partial charge in [0.05, 0.1) is 6.10 Å². The van der Waals surface area contributed by atoms with Gasteiger partial charge in [-0.3, -0.25) is 4.98 Å². The summed E-state index contributed by atoms with van der Waals surface area (Å²) in [4.78, 5) is 4.03. The van der Waals surface area contributed by atoms with Crippen LogP contribution in [-0.4, -0.2) is 10.1 Å². The van der Waals surface area contributed by atoms with Crippen LogP contribution in [0.25, 0.3) is 0 Å². The summed E-state index contributed by atoms with van der Waals surface area (Å²) in [6, 6.07) is 11.4. The maximum Gasteiger partial charge on any atom is 0.119 e. The molecule has 0 amide bonds. The number of pyridine rings is 1. The van der Waals surface area contributed by atoms with Gasteiger partial charge in [0.1, 0.15) is 12.4 Å². The van der Waals surface area contributed by atoms with Crippen LogP contribution < -0.4 is 4.74 Å². The van der Waals surface area contributed by atoms with Gasteiger partial charge in [-0.2, -0.15) is 0 Å². The Morgan fingerprint density at radius 2 is 2.00 bits per heavy atom. The fourth-order valence-electron chi connectivity index (χ4n) is 1.67. The Morgan fingerprint density at radius 3 is 2.61 bits per heavy atom. The molecule has 3 nitrogen and oxygen atoms in total. The topological polar surface area (TPSA) is 42.4 Å². The minimum absolute atomic E-state index is 0.391. The van der Waals surface area contributed by atoms with Crippen LogP contribution in [0.4, 0.5) is 0 Å². The SMILES string of the molecule is CC[C@@H](O)c1ccc(OCc2cccnc2)cc1. The average molecular weight is 243 g/mol. The van der Waals surface area contributed by atoms with Gasteiger partial charge in [-0.05, 0) is 30.2 Å². The van der Waals surface area contributed by atoms with E-state index < -0.39 is 6.10 Å². The van der Waals surface area contributed by atoms with E-state index in [0.29, 0.717) is 6.61 Å². The van der Waals surface area contributed by atoms with Crippen LogP contribution in [-0.2, 0) is 6.61 Å². The molecule has 1 aromatic carbocycles. The molecule has 0 spiro atoms. The number of aliphatic hydroxyl groups is 1. The maximum absolute atomic E-state index is 9.68. The zero-order valence-electron chi connectivity index (χ0n) is 10.4. The molecule has 2 rings (SSSR count). The van der Waals surface area contributed by atoms with Crippen molar-refractivity contribution >= 4 is 0 Å². The lowest BCUT2D eigenvalue weighted by Gasteiger charge is -2.10. The molecule has 0 aliphatic heterocycles. The summed E-state index contributed by atoms with van der Waals surface area (Å²) in [6.45, 7) is 2.46. The molecule has 2 aromatic rings. The van der Waals surface area contributed by atoms with Crippen molar-refractivity contribution in [2.75, 3.05) is 0 Å². The highest BCUT2D eigenvalue weighted by Crippen LogP contribution is 2.20. The average Bonchev–Trinajstić information content (AvgIpc) is 2.46. The van der Waals surface area contributed by atoms with Crippen LogP contribution in [0.2, 0.25) is 0 Å². The molecule has 94 valence electrons. The quantitative estimate of drug-likeness (QED) is 0.877. The van der Waals surface area contributed by atoms with Crippen LogP contribution in [0.1, 0.15) is 30.6 Å². The van der Waals surface area contributed by atoms with E-state index in [2.05, 4.69) is 4.98 Å². The molecule has 0 saturated heterocycles. The molecule has 1 aromatic heterocycles. The summed E-state index contributed by atoms with van der Waals surface area (Å²) < 4.78 is 5.64. The molecule has 0 fully saturated rings. The normalized spacial score (nSPS) is 12.1. The van der Waals surface area contributed by atoms with Crippen LogP contribution in [0, 0.1) is 0 Å². The Kier molecular flexibility index (Phi) is 4.31. The number of rotatable bonds is 5. The largest absolute Gasteiger partial charge is 0.489 e. The minimum Gasteiger partial charge on any atom is -0.489 e. The van der Waals surface area contributed by atoms with Crippen LogP contribution in [0.3, 0.4) is 0 Å². The summed E-state index contributed by atoms with van der Waals surface area (Å²) in [7, 11) is 0. The molecular weight excluding hydrogens is 226 g/mol. The molecule has 0 radical (unpaired) electrons. The highest BCUT2D eigenvalue weighted by molar-refractivity contribution is 5.28. The third-order valence-electron chi connectivity index (χ3n) is 2.78. The van der Waals surface area contributed by atoms with Crippen molar-refractivity contribution in [2.45, 2.75) is 26.1 Å². The van der Waals surface area contributed by atoms with E-state index in [1.165, 1.54) is 0 Å². The summed E-state index contributed by atoms with van der Waals surface area (Å²) in [5.74, 6) is 0.797. The lowest BCUT2D eigenvalue weighted by Crippen LogP contribution is -1.97. The molecule has 0 aliphatic carbocycles. The van der Waals surface area contributed by atoms with E-state index in [-0.39, 0.29) is 0 Å². The van der Waals surface area contributed by atoms with Crippen LogP contribution in [0.15, 0.2) is 48.8 Å². The van der Waals surface area contributed by atoms with E-state index in [0.717, 1.165) is 23.3 Å². The second-order valence-corrected chi connectivity index (χ2v) is 4.14. The summed E-state index contributed by atoms with van der Waals surface area (Å²) in [6.07, 6.45) is 3.85. The first-order valence-corrected chi connectivity index (χ1v) is 6.09. The number of ether oxygens (including phenoxy) is 1. The predicted molar refractivity (Wildman–Crippen MR) is 70.3 cm³/mol. The Balaban J connectivity index is 1.94. The predicted octanol–water partition coefficient (Wildman–Crippen LogP) is 3.10. The molecular formula is C15H17NO2. The van der Waals surface area contributed by atoms with Crippen molar-refractivity contribution in [3.05, 3.63) is 59.9 Å². The van der Waals surface area contributed by atoms with Gasteiger partial charge >= 0.3 is 0 Å². The molecule has 0 aliphatic rings. The zero-order chi connectivity index (χ0) is 12.8. The first kappa shape index (κ1) is 12.6. The zero-order valence-corrected chi connectivity index (χ0v) is 10.4. The highest BCUT2D eigenvalue weighted by Gasteiger charge is 2.04. The maximum atomic E-state index is 9.68. The van der Waals surface area contributed by atoms with Gasteiger partial charge in [0, 0.05) is 18.0 Å². The van der Waals surface area contributed by atoms with Gasteiger partial charge in [-0.15, -0.1) is 0 Å². The number of hydrogen-bond acceptors (Lipinski definition) is 3. The van der Waals surface area contributed by atoms with Crippen molar-refractivity contribution in [1.82, 2.24) is 4.98 Å². The Bertz CT molecular complexity index is 468. The molecule has 18 heavy (non-hydrogen) atoms. The Hall–Kier alpha value is -1.87. The summed E-state index contributed by atoms with van der Waals surface area (Å²) in [5.41, 5.74) is 1.96. The van der Waals surface area contributed by atoms with Crippen molar-refractivity contribution in [3.8, 4) is 5.75 Å². The lowest BCUT2D eigenvalue weighted by molar-refractivity contribution is 0.173. The van der Waals surface area contributed by atoms with E-state index in [9.17, 15) is 5.11 Å². The lowest BCUT2D eigenvalue weighted by atomic mass is 10.1. The van der Waals surface area contributed by atoms with Gasteiger partial charge in [-0.25, -0.2) is 0 Å². The van der Waals surface area contributed by atoms with Gasteiger partial charge < -0.3 is 9.84 Å². The van der Waals surface area contributed by atoms with Gasteiger partial charge in [0.15, 0.2) is 0 Å². The second kappa shape index (κ2) is 6.17. The van der Waals surface area contributed by atoms with E-state index in [1.807, 2.05) is 43.3 Å². The van der Waals surface area contributed by atoms with Crippen LogP contribution in [0.5, 0.6) is 5.75 Å². The Labute approximate surface area is 107 Å². The first-order valence-electron chi connectivity index (χ1n) is 6.09. The van der Waals surface area contributed by atoms with Gasteiger partial charge in [-0.1, -0.05) is 25.1 Å². The second-order valence-electron chi connectivity index (χ2n) is 4.14. The number of aromatic nitrogens is 1. The number of nitrogens with zero attached hydrogens (tertiary/aromatic N) is 1. The van der Waals surface area contributed by atoms with Crippen molar-refractivity contribution in [2.24, 2.45) is 0 Å². The Morgan fingerprint density at radius 1 is 1.22 bits per heavy atom. The molecule has 0 bridgehead atoms. The minimum atomic E-state index is -0.391. The molecule has 1 N–H and O–H groups in total. The van der Waals surface area contributed by atoms with Gasteiger partial charge in [0.2, 0.25) is 0 Å². The van der Waals surface area contributed by atoms with Crippen molar-refractivity contribution < 1.29 is 9.84 Å². The number of hydrogen-bond donors (Lipinski definition) is 1. The standard InChI is InChI=1S/C15H17NO2/c1-2-15(17)13-5-7-14(8-6-13)18-11-12-4-3-9-16-10-12/h3-10,15,17H,2,11H2,1H3/t15-/m1/s1. The molecule has 1 atom stereocenters. The molecule has 0 unspecified atom stereocenters. The van der Waals surface area contributed by atoms with Crippen LogP contribution >= 0.6 is 0 Å².